The first-order valence-electron chi connectivity index (χ1n) is 7.41. The topological polar surface area (TPSA) is 35.6 Å². The largest absolute Gasteiger partial charge is 0.365 e. The van der Waals surface area contributed by atoms with Crippen LogP contribution in [0.3, 0.4) is 0 Å². The lowest BCUT2D eigenvalue weighted by molar-refractivity contribution is 0.237. The minimum absolute atomic E-state index is 0.000368. The average Bonchev–Trinajstić information content (AvgIpc) is 3.19. The number of carbonyl (C=O) groups is 1. The molecule has 0 aromatic heterocycles. The van der Waals surface area contributed by atoms with Crippen molar-refractivity contribution in [2.24, 2.45) is 0 Å². The molecule has 0 bridgehead atoms. The second-order valence-corrected chi connectivity index (χ2v) is 6.75. The highest BCUT2D eigenvalue weighted by molar-refractivity contribution is 5.97. The molecule has 4 nitrogen and oxygen atoms in total. The Bertz CT molecular complexity index is 517. The minimum atomic E-state index is -0.209. The molecule has 1 N–H and O–H groups in total. The number of hydrogen-bond acceptors (Lipinski definition) is 2. The second-order valence-electron chi connectivity index (χ2n) is 6.75. The van der Waals surface area contributed by atoms with Crippen LogP contribution < -0.4 is 15.1 Å². The van der Waals surface area contributed by atoms with E-state index in [4.69, 9.17) is 0 Å². The predicted molar refractivity (Wildman–Crippen MR) is 82.4 cm³/mol. The molecule has 1 heterocycles. The van der Waals surface area contributed by atoms with Crippen molar-refractivity contribution in [2.45, 2.75) is 45.2 Å². The van der Waals surface area contributed by atoms with Crippen molar-refractivity contribution in [2.75, 3.05) is 22.9 Å². The zero-order valence-electron chi connectivity index (χ0n) is 12.5. The summed E-state index contributed by atoms with van der Waals surface area (Å²) >= 11 is 0. The van der Waals surface area contributed by atoms with Gasteiger partial charge in [0, 0.05) is 24.7 Å². The van der Waals surface area contributed by atoms with Gasteiger partial charge in [-0.3, -0.25) is 4.90 Å². The molecule has 2 aliphatic rings. The van der Waals surface area contributed by atoms with E-state index in [0.29, 0.717) is 6.04 Å². The first kappa shape index (κ1) is 13.3. The maximum atomic E-state index is 12.5. The van der Waals surface area contributed by atoms with E-state index in [1.165, 1.54) is 18.5 Å². The first-order valence-corrected chi connectivity index (χ1v) is 7.41. The molecular weight excluding hydrogens is 250 g/mol. The summed E-state index contributed by atoms with van der Waals surface area (Å²) in [7, 11) is 0. The molecule has 1 aromatic rings. The van der Waals surface area contributed by atoms with Gasteiger partial charge >= 0.3 is 6.03 Å². The zero-order valence-corrected chi connectivity index (χ0v) is 12.5. The van der Waals surface area contributed by atoms with Crippen molar-refractivity contribution in [1.82, 2.24) is 5.32 Å². The number of benzene rings is 1. The van der Waals surface area contributed by atoms with Crippen molar-refractivity contribution >= 4 is 17.4 Å². The molecule has 0 radical (unpaired) electrons. The normalized spacial score (nSPS) is 18.8. The molecule has 1 aliphatic carbocycles. The van der Waals surface area contributed by atoms with Gasteiger partial charge in [-0.05, 0) is 45.7 Å². The lowest BCUT2D eigenvalue weighted by atomic mass is 10.1. The molecule has 0 saturated heterocycles. The van der Waals surface area contributed by atoms with E-state index in [1.54, 1.807) is 0 Å². The van der Waals surface area contributed by atoms with E-state index in [9.17, 15) is 4.79 Å². The predicted octanol–water partition coefficient (Wildman–Crippen LogP) is 2.98. The van der Waals surface area contributed by atoms with Gasteiger partial charge in [-0.15, -0.1) is 0 Å². The van der Waals surface area contributed by atoms with E-state index in [0.717, 1.165) is 18.8 Å². The summed E-state index contributed by atoms with van der Waals surface area (Å²) in [4.78, 5) is 16.8. The van der Waals surface area contributed by atoms with Gasteiger partial charge in [-0.2, -0.15) is 0 Å². The Morgan fingerprint density at radius 3 is 2.40 bits per heavy atom. The fraction of sp³-hybridized carbons (Fsp3) is 0.562. The number of nitrogens with zero attached hydrogens (tertiary/aromatic N) is 2. The standard InChI is InChI=1S/C16H23N3O/c1-16(2,3)17-15(20)19-11-10-18(12-8-9-12)13-6-4-5-7-14(13)19/h4-7,12H,8-11H2,1-3H3,(H,17,20). The quantitative estimate of drug-likeness (QED) is 0.854. The molecule has 1 saturated carbocycles. The Balaban J connectivity index is 1.87. The minimum Gasteiger partial charge on any atom is -0.365 e. The number of amides is 2. The van der Waals surface area contributed by atoms with Gasteiger partial charge in [0.2, 0.25) is 0 Å². The summed E-state index contributed by atoms with van der Waals surface area (Å²) in [6.07, 6.45) is 2.56. The molecule has 20 heavy (non-hydrogen) atoms. The summed E-state index contributed by atoms with van der Waals surface area (Å²) in [5.74, 6) is 0. The number of urea groups is 1. The summed E-state index contributed by atoms with van der Waals surface area (Å²) < 4.78 is 0. The van der Waals surface area contributed by atoms with Crippen molar-refractivity contribution in [3.05, 3.63) is 24.3 Å². The average molecular weight is 273 g/mol. The summed E-state index contributed by atoms with van der Waals surface area (Å²) in [5.41, 5.74) is 2.03. The fourth-order valence-electron chi connectivity index (χ4n) is 2.75. The van der Waals surface area contributed by atoms with Crippen molar-refractivity contribution in [1.29, 1.82) is 0 Å². The number of anilines is 2. The van der Waals surface area contributed by atoms with E-state index < -0.39 is 0 Å². The van der Waals surface area contributed by atoms with Gasteiger partial charge in [0.1, 0.15) is 0 Å². The Morgan fingerprint density at radius 2 is 1.80 bits per heavy atom. The Kier molecular flexibility index (Phi) is 3.11. The monoisotopic (exact) mass is 273 g/mol. The molecular formula is C16H23N3O. The molecule has 1 aromatic carbocycles. The smallest absolute Gasteiger partial charge is 0.322 e. The van der Waals surface area contributed by atoms with Crippen LogP contribution in [-0.2, 0) is 0 Å². The lowest BCUT2D eigenvalue weighted by Crippen LogP contribution is -2.53. The summed E-state index contributed by atoms with van der Waals surface area (Å²) in [5, 5.41) is 3.06. The highest BCUT2D eigenvalue weighted by atomic mass is 16.2. The van der Waals surface area contributed by atoms with Crippen LogP contribution in [0.5, 0.6) is 0 Å². The van der Waals surface area contributed by atoms with Gasteiger partial charge < -0.3 is 10.2 Å². The lowest BCUT2D eigenvalue weighted by Gasteiger charge is -2.39. The van der Waals surface area contributed by atoms with Crippen molar-refractivity contribution < 1.29 is 4.79 Å². The number of nitrogens with one attached hydrogen (secondary N) is 1. The molecule has 1 fully saturated rings. The number of fused-ring (bicyclic) bond motifs is 1. The van der Waals surface area contributed by atoms with Crippen molar-refractivity contribution in [3.8, 4) is 0 Å². The molecule has 0 atom stereocenters. The third-order valence-electron chi connectivity index (χ3n) is 3.76. The molecule has 4 heteroatoms. The van der Waals surface area contributed by atoms with Crippen LogP contribution in [-0.4, -0.2) is 30.7 Å². The number of rotatable bonds is 1. The number of carbonyl (C=O) groups excluding carboxylic acids is 1. The van der Waals surface area contributed by atoms with E-state index in [-0.39, 0.29) is 11.6 Å². The summed E-state index contributed by atoms with van der Waals surface area (Å²) in [6.45, 7) is 7.72. The fourth-order valence-corrected chi connectivity index (χ4v) is 2.75. The Hall–Kier alpha value is -1.71. The van der Waals surface area contributed by atoms with Crippen LogP contribution in [0, 0.1) is 0 Å². The summed E-state index contributed by atoms with van der Waals surface area (Å²) in [6, 6.07) is 8.92. The Morgan fingerprint density at radius 1 is 1.15 bits per heavy atom. The van der Waals surface area contributed by atoms with Gasteiger partial charge in [0.25, 0.3) is 0 Å². The van der Waals surface area contributed by atoms with Gasteiger partial charge in [-0.1, -0.05) is 12.1 Å². The van der Waals surface area contributed by atoms with Crippen LogP contribution in [0.15, 0.2) is 24.3 Å². The van der Waals surface area contributed by atoms with Gasteiger partial charge in [0.05, 0.1) is 11.4 Å². The zero-order chi connectivity index (χ0) is 14.3. The van der Waals surface area contributed by atoms with Crippen LogP contribution in [0.25, 0.3) is 0 Å². The molecule has 108 valence electrons. The highest BCUT2D eigenvalue weighted by Gasteiger charge is 2.35. The maximum Gasteiger partial charge on any atom is 0.322 e. The molecule has 1 aliphatic heterocycles. The van der Waals surface area contributed by atoms with Gasteiger partial charge in [-0.25, -0.2) is 4.79 Å². The van der Waals surface area contributed by atoms with Crippen molar-refractivity contribution in [3.63, 3.8) is 0 Å². The Labute approximate surface area is 120 Å². The molecule has 0 spiro atoms. The number of para-hydroxylation sites is 2. The number of hydrogen-bond donors (Lipinski definition) is 1. The molecule has 0 unspecified atom stereocenters. The van der Waals surface area contributed by atoms with E-state index in [2.05, 4.69) is 22.3 Å². The highest BCUT2D eigenvalue weighted by Crippen LogP contribution is 2.39. The van der Waals surface area contributed by atoms with Crippen LogP contribution >= 0.6 is 0 Å². The first-order chi connectivity index (χ1) is 9.46. The molecule has 3 rings (SSSR count). The van der Waals surface area contributed by atoms with Crippen LogP contribution in [0.1, 0.15) is 33.6 Å². The van der Waals surface area contributed by atoms with Crippen LogP contribution in [0.4, 0.5) is 16.2 Å². The van der Waals surface area contributed by atoms with E-state index >= 15 is 0 Å². The third-order valence-corrected chi connectivity index (χ3v) is 3.76. The maximum absolute atomic E-state index is 12.5. The SMILES string of the molecule is CC(C)(C)NC(=O)N1CCN(C2CC2)c2ccccc21. The van der Waals surface area contributed by atoms with E-state index in [1.807, 2.05) is 37.8 Å². The molecule has 2 amide bonds. The van der Waals surface area contributed by atoms with Gasteiger partial charge in [0.15, 0.2) is 0 Å². The second kappa shape index (κ2) is 4.69. The third kappa shape index (κ3) is 2.60. The van der Waals surface area contributed by atoms with Crippen LogP contribution in [0.2, 0.25) is 0 Å².